The molecule has 0 atom stereocenters. The number of esters is 1. The Morgan fingerprint density at radius 2 is 2.07 bits per heavy atom. The second-order valence-electron chi connectivity index (χ2n) is 3.48. The zero-order valence-corrected chi connectivity index (χ0v) is 8.80. The molecule has 0 bridgehead atoms. The second-order valence-corrected chi connectivity index (χ2v) is 3.63. The Labute approximate surface area is 87.7 Å². The average molecular weight is 221 g/mol. The molecule has 1 fully saturated rings. The summed E-state index contributed by atoms with van der Waals surface area (Å²) in [5.41, 5.74) is -0.665. The number of halogens is 1. The van der Waals surface area contributed by atoms with Crippen LogP contribution in [0.15, 0.2) is 0 Å². The van der Waals surface area contributed by atoms with Crippen LogP contribution in [0.2, 0.25) is 0 Å². The lowest BCUT2D eigenvalue weighted by molar-refractivity contribution is -0.165. The van der Waals surface area contributed by atoms with E-state index in [1.165, 1.54) is 0 Å². The summed E-state index contributed by atoms with van der Waals surface area (Å²) in [6.07, 6.45) is 2.32. The Morgan fingerprint density at radius 3 is 2.43 bits per heavy atom. The van der Waals surface area contributed by atoms with Crippen LogP contribution in [-0.4, -0.2) is 18.5 Å². The van der Waals surface area contributed by atoms with Crippen LogP contribution >= 0.6 is 11.9 Å². The number of carbonyl (C=O) groups is 2. The summed E-state index contributed by atoms with van der Waals surface area (Å²) in [5, 5.41) is 0. The van der Waals surface area contributed by atoms with Crippen molar-refractivity contribution in [3.05, 3.63) is 0 Å². The molecule has 0 aromatic carbocycles. The molecule has 5 heteroatoms. The third-order valence-electron chi connectivity index (χ3n) is 2.59. The maximum absolute atomic E-state index is 11.5. The van der Waals surface area contributed by atoms with Crippen molar-refractivity contribution >= 4 is 23.8 Å². The number of carbonyl (C=O) groups excluding carboxylic acids is 2. The van der Waals surface area contributed by atoms with Crippen LogP contribution in [0.1, 0.15) is 32.6 Å². The molecule has 1 rings (SSSR count). The highest BCUT2D eigenvalue weighted by Crippen LogP contribution is 2.45. The van der Waals surface area contributed by atoms with Crippen LogP contribution < -0.4 is 0 Å². The molecule has 1 saturated carbocycles. The SMILES string of the molecule is CCOC(=O)C1(CC(=O)OCl)CCC1. The lowest BCUT2D eigenvalue weighted by Gasteiger charge is -2.37. The smallest absolute Gasteiger partial charge is 0.325 e. The van der Waals surface area contributed by atoms with Crippen molar-refractivity contribution in [1.82, 2.24) is 0 Å². The predicted octanol–water partition coefficient (Wildman–Crippen LogP) is 1.81. The first-order valence-corrected chi connectivity index (χ1v) is 4.94. The fraction of sp³-hybridized carbons (Fsp3) is 0.778. The number of ether oxygens (including phenoxy) is 1. The van der Waals surface area contributed by atoms with Gasteiger partial charge in [0.1, 0.15) is 11.9 Å². The van der Waals surface area contributed by atoms with E-state index in [0.717, 1.165) is 6.42 Å². The molecular formula is C9H13ClO4. The van der Waals surface area contributed by atoms with E-state index < -0.39 is 11.4 Å². The molecule has 0 aromatic heterocycles. The van der Waals surface area contributed by atoms with E-state index in [2.05, 4.69) is 4.29 Å². The molecule has 0 unspecified atom stereocenters. The summed E-state index contributed by atoms with van der Waals surface area (Å²) < 4.78 is 8.94. The molecule has 80 valence electrons. The van der Waals surface area contributed by atoms with Gasteiger partial charge in [-0.05, 0) is 19.8 Å². The predicted molar refractivity (Wildman–Crippen MR) is 49.5 cm³/mol. The summed E-state index contributed by atoms with van der Waals surface area (Å²) in [6, 6.07) is 0. The molecule has 0 aromatic rings. The zero-order valence-electron chi connectivity index (χ0n) is 8.05. The molecule has 0 aliphatic heterocycles. The lowest BCUT2D eigenvalue weighted by Crippen LogP contribution is -2.41. The van der Waals surface area contributed by atoms with Gasteiger partial charge in [-0.25, -0.2) is 0 Å². The van der Waals surface area contributed by atoms with Crippen LogP contribution in [0.4, 0.5) is 0 Å². The average Bonchev–Trinajstić information content (AvgIpc) is 2.11. The molecule has 1 aliphatic carbocycles. The molecule has 0 radical (unpaired) electrons. The third-order valence-corrected chi connectivity index (χ3v) is 2.76. The zero-order chi connectivity index (χ0) is 10.6. The van der Waals surface area contributed by atoms with Gasteiger partial charge in [-0.15, -0.1) is 0 Å². The fourth-order valence-corrected chi connectivity index (χ4v) is 1.70. The first kappa shape index (κ1) is 11.3. The molecule has 0 amide bonds. The topological polar surface area (TPSA) is 52.6 Å². The van der Waals surface area contributed by atoms with Gasteiger partial charge in [0, 0.05) is 0 Å². The lowest BCUT2D eigenvalue weighted by atomic mass is 9.66. The van der Waals surface area contributed by atoms with Gasteiger partial charge < -0.3 is 9.03 Å². The van der Waals surface area contributed by atoms with E-state index in [0.29, 0.717) is 19.4 Å². The minimum atomic E-state index is -0.665. The highest BCUT2D eigenvalue weighted by atomic mass is 35.5. The summed E-state index contributed by atoms with van der Waals surface area (Å²) >= 11 is 4.92. The number of rotatable bonds is 4. The Bertz CT molecular complexity index is 235. The van der Waals surface area contributed by atoms with Gasteiger partial charge in [0.15, 0.2) is 0 Å². The van der Waals surface area contributed by atoms with Crippen LogP contribution in [0, 0.1) is 5.41 Å². The van der Waals surface area contributed by atoms with Crippen molar-refractivity contribution < 1.29 is 18.6 Å². The molecule has 0 spiro atoms. The van der Waals surface area contributed by atoms with Crippen molar-refractivity contribution in [2.45, 2.75) is 32.6 Å². The van der Waals surface area contributed by atoms with Crippen LogP contribution in [0.25, 0.3) is 0 Å². The second kappa shape index (κ2) is 4.64. The molecule has 0 heterocycles. The summed E-state index contributed by atoms with van der Waals surface area (Å²) in [4.78, 5) is 22.5. The van der Waals surface area contributed by atoms with E-state index >= 15 is 0 Å². The maximum Gasteiger partial charge on any atom is 0.325 e. The van der Waals surface area contributed by atoms with Gasteiger partial charge in [-0.3, -0.25) is 9.59 Å². The minimum absolute atomic E-state index is 0.0231. The van der Waals surface area contributed by atoms with Crippen molar-refractivity contribution in [2.24, 2.45) is 5.41 Å². The Kier molecular flexibility index (Phi) is 3.75. The van der Waals surface area contributed by atoms with E-state index in [-0.39, 0.29) is 12.4 Å². The van der Waals surface area contributed by atoms with Gasteiger partial charge in [-0.2, -0.15) is 0 Å². The van der Waals surface area contributed by atoms with E-state index in [1.807, 2.05) is 0 Å². The first-order chi connectivity index (χ1) is 6.64. The molecule has 1 aliphatic rings. The number of hydrogen-bond acceptors (Lipinski definition) is 4. The summed E-state index contributed by atoms with van der Waals surface area (Å²) in [5.74, 6) is -0.882. The van der Waals surface area contributed by atoms with Gasteiger partial charge in [0.05, 0.1) is 18.4 Å². The van der Waals surface area contributed by atoms with Crippen molar-refractivity contribution in [1.29, 1.82) is 0 Å². The van der Waals surface area contributed by atoms with Gasteiger partial charge in [-0.1, -0.05) is 6.42 Å². The van der Waals surface area contributed by atoms with E-state index in [4.69, 9.17) is 16.6 Å². The standard InChI is InChI=1S/C9H13ClO4/c1-2-13-8(12)9(4-3-5-9)6-7(11)14-10/h2-6H2,1H3. The highest BCUT2D eigenvalue weighted by molar-refractivity contribution is 6.13. The van der Waals surface area contributed by atoms with E-state index in [9.17, 15) is 9.59 Å². The van der Waals surface area contributed by atoms with Gasteiger partial charge in [0.2, 0.25) is 0 Å². The maximum atomic E-state index is 11.5. The van der Waals surface area contributed by atoms with E-state index in [1.54, 1.807) is 6.92 Å². The Morgan fingerprint density at radius 1 is 1.43 bits per heavy atom. The van der Waals surface area contributed by atoms with Crippen molar-refractivity contribution in [3.63, 3.8) is 0 Å². The molecule has 4 nitrogen and oxygen atoms in total. The van der Waals surface area contributed by atoms with Gasteiger partial charge >= 0.3 is 11.9 Å². The van der Waals surface area contributed by atoms with Crippen LogP contribution in [0.3, 0.4) is 0 Å². The monoisotopic (exact) mass is 220 g/mol. The quantitative estimate of drug-likeness (QED) is 0.678. The minimum Gasteiger partial charge on any atom is -0.466 e. The highest BCUT2D eigenvalue weighted by Gasteiger charge is 2.47. The molecule has 0 N–H and O–H groups in total. The molecule has 0 saturated heterocycles. The Balaban J connectivity index is 2.57. The third kappa shape index (κ3) is 2.18. The summed E-state index contributed by atoms with van der Waals surface area (Å²) in [7, 11) is 0. The van der Waals surface area contributed by atoms with Crippen molar-refractivity contribution in [2.75, 3.05) is 6.61 Å². The molecule has 14 heavy (non-hydrogen) atoms. The fourth-order valence-electron chi connectivity index (χ4n) is 1.64. The number of hydrogen-bond donors (Lipinski definition) is 0. The van der Waals surface area contributed by atoms with Gasteiger partial charge in [0.25, 0.3) is 0 Å². The van der Waals surface area contributed by atoms with Crippen LogP contribution in [0.5, 0.6) is 0 Å². The Hall–Kier alpha value is -0.770. The van der Waals surface area contributed by atoms with Crippen LogP contribution in [-0.2, 0) is 18.6 Å². The molecular weight excluding hydrogens is 208 g/mol. The normalized spacial score (nSPS) is 18.1. The summed E-state index contributed by atoms with van der Waals surface area (Å²) in [6.45, 7) is 2.07. The first-order valence-electron chi connectivity index (χ1n) is 4.63. The van der Waals surface area contributed by atoms with Crippen molar-refractivity contribution in [3.8, 4) is 0 Å². The largest absolute Gasteiger partial charge is 0.466 e.